The first-order chi connectivity index (χ1) is 10.0. The van der Waals surface area contributed by atoms with Gasteiger partial charge < -0.3 is 5.73 Å². The van der Waals surface area contributed by atoms with Crippen molar-refractivity contribution >= 4 is 16.3 Å². The van der Waals surface area contributed by atoms with Crippen molar-refractivity contribution in [2.75, 3.05) is 6.54 Å². The highest BCUT2D eigenvalue weighted by atomic mass is 32.1. The molecule has 0 amide bonds. The highest BCUT2D eigenvalue weighted by molar-refractivity contribution is 7.17. The molecular weight excluding hydrogens is 278 g/mol. The molecule has 2 aromatic heterocycles. The number of fused-ring (bicyclic) bond motifs is 1. The number of hydrogen-bond donors (Lipinski definition) is 1. The van der Waals surface area contributed by atoms with E-state index in [1.54, 1.807) is 11.3 Å². The Bertz CT molecular complexity index is 811. The Balaban J connectivity index is 2.26. The molecule has 1 aromatic carbocycles. The lowest BCUT2D eigenvalue weighted by Crippen LogP contribution is -2.07. The second kappa shape index (κ2) is 5.28. The Labute approximate surface area is 129 Å². The zero-order valence-electron chi connectivity index (χ0n) is 13.0. The smallest absolute Gasteiger partial charge is 0.194 e. The van der Waals surface area contributed by atoms with Crippen LogP contribution in [-0.2, 0) is 6.42 Å². The van der Waals surface area contributed by atoms with Gasteiger partial charge >= 0.3 is 0 Å². The summed E-state index contributed by atoms with van der Waals surface area (Å²) >= 11 is 1.75. The lowest BCUT2D eigenvalue weighted by atomic mass is 10.0. The van der Waals surface area contributed by atoms with Gasteiger partial charge in [0.1, 0.15) is 0 Å². The summed E-state index contributed by atoms with van der Waals surface area (Å²) in [4.78, 5) is 7.27. The number of imidazole rings is 1. The van der Waals surface area contributed by atoms with E-state index in [1.165, 1.54) is 33.0 Å². The molecule has 0 atom stereocenters. The third kappa shape index (κ3) is 2.28. The zero-order chi connectivity index (χ0) is 15.1. The first-order valence-corrected chi connectivity index (χ1v) is 8.09. The summed E-state index contributed by atoms with van der Waals surface area (Å²) in [7, 11) is 0. The summed E-state index contributed by atoms with van der Waals surface area (Å²) < 4.78 is 2.28. The van der Waals surface area contributed by atoms with Crippen LogP contribution in [0.15, 0.2) is 18.2 Å². The van der Waals surface area contributed by atoms with Gasteiger partial charge in [0.15, 0.2) is 4.96 Å². The van der Waals surface area contributed by atoms with Gasteiger partial charge in [0.25, 0.3) is 0 Å². The van der Waals surface area contributed by atoms with Gasteiger partial charge in [-0.25, -0.2) is 4.98 Å². The average Bonchev–Trinajstić information content (AvgIpc) is 2.92. The molecule has 0 aliphatic carbocycles. The Morgan fingerprint density at radius 1 is 1.14 bits per heavy atom. The van der Waals surface area contributed by atoms with Crippen molar-refractivity contribution < 1.29 is 0 Å². The van der Waals surface area contributed by atoms with Crippen molar-refractivity contribution in [1.29, 1.82) is 0 Å². The van der Waals surface area contributed by atoms with E-state index < -0.39 is 0 Å². The summed E-state index contributed by atoms with van der Waals surface area (Å²) in [5.74, 6) is 0. The number of nitrogens with zero attached hydrogens (tertiary/aromatic N) is 2. The molecular formula is C17H21N3S. The van der Waals surface area contributed by atoms with Crippen molar-refractivity contribution in [1.82, 2.24) is 9.38 Å². The van der Waals surface area contributed by atoms with Crippen LogP contribution in [0.1, 0.15) is 27.4 Å². The second-order valence-corrected chi connectivity index (χ2v) is 6.79. The Morgan fingerprint density at radius 3 is 2.57 bits per heavy atom. The maximum atomic E-state index is 5.83. The Kier molecular flexibility index (Phi) is 3.59. The second-order valence-electron chi connectivity index (χ2n) is 5.61. The van der Waals surface area contributed by atoms with E-state index in [2.05, 4.69) is 50.3 Å². The summed E-state index contributed by atoms with van der Waals surface area (Å²) in [5, 5.41) is 0. The molecule has 110 valence electrons. The van der Waals surface area contributed by atoms with Crippen LogP contribution in [0, 0.1) is 27.7 Å². The van der Waals surface area contributed by atoms with Crippen LogP contribution in [0.4, 0.5) is 0 Å². The Hall–Kier alpha value is -1.65. The molecule has 0 aliphatic rings. The van der Waals surface area contributed by atoms with Crippen LogP contribution in [0.25, 0.3) is 16.2 Å². The van der Waals surface area contributed by atoms with Crippen molar-refractivity contribution in [3.63, 3.8) is 0 Å². The van der Waals surface area contributed by atoms with Gasteiger partial charge in [-0.1, -0.05) is 12.1 Å². The third-order valence-electron chi connectivity index (χ3n) is 4.19. The number of thiazole rings is 1. The molecule has 3 aromatic rings. The normalized spacial score (nSPS) is 11.5. The number of rotatable bonds is 3. The van der Waals surface area contributed by atoms with E-state index in [9.17, 15) is 0 Å². The highest BCUT2D eigenvalue weighted by Crippen LogP contribution is 2.31. The molecule has 3 rings (SSSR count). The summed E-state index contributed by atoms with van der Waals surface area (Å²) in [6.07, 6.45) is 0.848. The van der Waals surface area contributed by atoms with E-state index in [1.807, 2.05) is 0 Å². The molecule has 0 spiro atoms. The van der Waals surface area contributed by atoms with Gasteiger partial charge in [-0.2, -0.15) is 0 Å². The molecule has 2 heterocycles. The lowest BCUT2D eigenvalue weighted by molar-refractivity contribution is 0.895. The van der Waals surface area contributed by atoms with E-state index in [0.29, 0.717) is 6.54 Å². The maximum Gasteiger partial charge on any atom is 0.194 e. The van der Waals surface area contributed by atoms with E-state index in [4.69, 9.17) is 10.7 Å². The third-order valence-corrected chi connectivity index (χ3v) is 5.25. The molecule has 0 bridgehead atoms. The number of aryl methyl sites for hydroxylation is 4. The van der Waals surface area contributed by atoms with Crippen LogP contribution < -0.4 is 5.73 Å². The quantitative estimate of drug-likeness (QED) is 0.799. The first-order valence-electron chi connectivity index (χ1n) is 7.28. The molecule has 3 nitrogen and oxygen atoms in total. The first kappa shape index (κ1) is 14.3. The standard InChI is InChI=1S/C17H21N3S/c1-10-5-6-14(9-11(10)2)16-15(7-8-18)20-12(3)13(4)21-17(20)19-16/h5-6,9H,7-8,18H2,1-4H3. The molecule has 0 radical (unpaired) electrons. The van der Waals surface area contributed by atoms with E-state index >= 15 is 0 Å². The lowest BCUT2D eigenvalue weighted by Gasteiger charge is -2.07. The van der Waals surface area contributed by atoms with Crippen LogP contribution in [0.2, 0.25) is 0 Å². The molecule has 4 heteroatoms. The summed E-state index contributed by atoms with van der Waals surface area (Å²) in [6.45, 7) is 9.23. The van der Waals surface area contributed by atoms with Gasteiger partial charge in [-0.15, -0.1) is 11.3 Å². The van der Waals surface area contributed by atoms with Crippen molar-refractivity contribution in [2.45, 2.75) is 34.1 Å². The van der Waals surface area contributed by atoms with Gasteiger partial charge in [-0.05, 0) is 51.4 Å². The molecule has 21 heavy (non-hydrogen) atoms. The predicted octanol–water partition coefficient (Wildman–Crippen LogP) is 3.80. The Morgan fingerprint density at radius 2 is 1.90 bits per heavy atom. The fourth-order valence-electron chi connectivity index (χ4n) is 2.70. The number of aromatic nitrogens is 2. The monoisotopic (exact) mass is 299 g/mol. The molecule has 0 unspecified atom stereocenters. The summed E-state index contributed by atoms with van der Waals surface area (Å²) in [5.41, 5.74) is 13.2. The molecule has 0 saturated carbocycles. The largest absolute Gasteiger partial charge is 0.330 e. The number of nitrogens with two attached hydrogens (primary N) is 1. The van der Waals surface area contributed by atoms with Gasteiger partial charge in [0.05, 0.1) is 11.4 Å². The van der Waals surface area contributed by atoms with Crippen LogP contribution in [0.5, 0.6) is 0 Å². The highest BCUT2D eigenvalue weighted by Gasteiger charge is 2.18. The van der Waals surface area contributed by atoms with Crippen molar-refractivity contribution in [2.24, 2.45) is 5.73 Å². The minimum absolute atomic E-state index is 0.639. The molecule has 0 fully saturated rings. The maximum absolute atomic E-state index is 5.83. The predicted molar refractivity (Wildman–Crippen MR) is 90.2 cm³/mol. The SMILES string of the molecule is Cc1ccc(-c2nc3sc(C)c(C)n3c2CCN)cc1C. The average molecular weight is 299 g/mol. The minimum Gasteiger partial charge on any atom is -0.330 e. The van der Waals surface area contributed by atoms with Crippen LogP contribution in [-0.4, -0.2) is 15.9 Å². The van der Waals surface area contributed by atoms with Crippen LogP contribution >= 0.6 is 11.3 Å². The van der Waals surface area contributed by atoms with Gasteiger partial charge in [-0.3, -0.25) is 4.40 Å². The van der Waals surface area contributed by atoms with Gasteiger partial charge in [0, 0.05) is 22.6 Å². The molecule has 2 N–H and O–H groups in total. The number of hydrogen-bond acceptors (Lipinski definition) is 3. The zero-order valence-corrected chi connectivity index (χ0v) is 13.8. The fourth-order valence-corrected chi connectivity index (χ4v) is 3.69. The fraction of sp³-hybridized carbons (Fsp3) is 0.353. The van der Waals surface area contributed by atoms with E-state index in [-0.39, 0.29) is 0 Å². The van der Waals surface area contributed by atoms with Crippen molar-refractivity contribution in [3.8, 4) is 11.3 Å². The summed E-state index contributed by atoms with van der Waals surface area (Å²) in [6, 6.07) is 6.56. The van der Waals surface area contributed by atoms with E-state index in [0.717, 1.165) is 17.1 Å². The molecule has 0 saturated heterocycles. The molecule has 0 aliphatic heterocycles. The minimum atomic E-state index is 0.639. The number of benzene rings is 1. The van der Waals surface area contributed by atoms with Gasteiger partial charge in [0.2, 0.25) is 0 Å². The van der Waals surface area contributed by atoms with Crippen LogP contribution in [0.3, 0.4) is 0 Å². The topological polar surface area (TPSA) is 43.3 Å². The van der Waals surface area contributed by atoms with Crippen molar-refractivity contribution in [3.05, 3.63) is 45.6 Å².